The summed E-state index contributed by atoms with van der Waals surface area (Å²) in [5.74, 6) is 0.0372. The lowest BCUT2D eigenvalue weighted by Gasteiger charge is -2.27. The highest BCUT2D eigenvalue weighted by Gasteiger charge is 2.33. The molecule has 1 N–H and O–H groups in total. The van der Waals surface area contributed by atoms with Crippen molar-refractivity contribution in [2.24, 2.45) is 11.3 Å². The number of rotatable bonds is 2. The molecule has 2 heterocycles. The van der Waals surface area contributed by atoms with E-state index in [1.807, 2.05) is 4.90 Å². The second kappa shape index (κ2) is 4.55. The summed E-state index contributed by atoms with van der Waals surface area (Å²) in [7, 11) is 0. The molecule has 1 aliphatic heterocycles. The molecule has 0 spiro atoms. The van der Waals surface area contributed by atoms with Gasteiger partial charge in [0.05, 0.1) is 0 Å². The summed E-state index contributed by atoms with van der Waals surface area (Å²) >= 11 is 0. The number of carboxylic acids is 1. The Balaban J connectivity index is 2.22. The fraction of sp³-hybridized carbons (Fsp3) is 0.615. The molecule has 5 nitrogen and oxygen atoms in total. The molecule has 1 aromatic rings. The van der Waals surface area contributed by atoms with Crippen LogP contribution in [-0.4, -0.2) is 34.1 Å². The van der Waals surface area contributed by atoms with Gasteiger partial charge in [0.25, 0.3) is 0 Å². The summed E-state index contributed by atoms with van der Waals surface area (Å²) < 4.78 is 0. The SMILES string of the molecule is CC(C)(C)C1CCN(c2nccnc2C(=O)O)C1. The standard InChI is InChI=1S/C13H19N3O2/c1-13(2,3)9-4-7-16(8-9)11-10(12(17)18)14-5-6-15-11/h5-6,9H,4,7-8H2,1-3H3,(H,17,18). The number of carboxylic acid groups (broad SMARTS) is 1. The van der Waals surface area contributed by atoms with Crippen LogP contribution in [0.25, 0.3) is 0 Å². The van der Waals surface area contributed by atoms with Crippen molar-refractivity contribution in [3.63, 3.8) is 0 Å². The number of nitrogens with zero attached hydrogens (tertiary/aromatic N) is 3. The Morgan fingerprint density at radius 2 is 2.06 bits per heavy atom. The Kier molecular flexibility index (Phi) is 3.24. The van der Waals surface area contributed by atoms with E-state index in [1.165, 1.54) is 6.20 Å². The quantitative estimate of drug-likeness (QED) is 0.868. The van der Waals surface area contributed by atoms with Crippen LogP contribution >= 0.6 is 0 Å². The van der Waals surface area contributed by atoms with Crippen LogP contribution in [0.2, 0.25) is 0 Å². The summed E-state index contributed by atoms with van der Waals surface area (Å²) in [4.78, 5) is 21.2. The predicted octanol–water partition coefficient (Wildman–Crippen LogP) is 2.05. The lowest BCUT2D eigenvalue weighted by Crippen LogP contribution is -2.27. The van der Waals surface area contributed by atoms with Crippen molar-refractivity contribution in [3.8, 4) is 0 Å². The van der Waals surface area contributed by atoms with Crippen molar-refractivity contribution in [2.75, 3.05) is 18.0 Å². The number of aromatic carboxylic acids is 1. The third kappa shape index (κ3) is 2.44. The lowest BCUT2D eigenvalue weighted by atomic mass is 9.80. The van der Waals surface area contributed by atoms with Gasteiger partial charge in [-0.1, -0.05) is 20.8 Å². The fourth-order valence-electron chi connectivity index (χ4n) is 2.37. The number of hydrogen-bond donors (Lipinski definition) is 1. The molecule has 0 amide bonds. The first-order valence-corrected chi connectivity index (χ1v) is 6.19. The average Bonchev–Trinajstić information content (AvgIpc) is 2.77. The summed E-state index contributed by atoms with van der Waals surface area (Å²) in [6, 6.07) is 0. The molecule has 0 saturated carbocycles. The number of anilines is 1. The van der Waals surface area contributed by atoms with E-state index in [0.717, 1.165) is 19.5 Å². The Hall–Kier alpha value is -1.65. The van der Waals surface area contributed by atoms with Crippen molar-refractivity contribution in [3.05, 3.63) is 18.1 Å². The van der Waals surface area contributed by atoms with Crippen molar-refractivity contribution >= 4 is 11.8 Å². The van der Waals surface area contributed by atoms with Gasteiger partial charge in [-0.15, -0.1) is 0 Å². The van der Waals surface area contributed by atoms with Gasteiger partial charge in [-0.3, -0.25) is 0 Å². The molecule has 0 bridgehead atoms. The first-order chi connectivity index (χ1) is 8.39. The minimum absolute atomic E-state index is 0.0482. The molecule has 1 unspecified atom stereocenters. The summed E-state index contributed by atoms with van der Waals surface area (Å²) in [5.41, 5.74) is 0.285. The zero-order chi connectivity index (χ0) is 13.3. The molecule has 1 aromatic heterocycles. The van der Waals surface area contributed by atoms with Gasteiger partial charge >= 0.3 is 5.97 Å². The van der Waals surface area contributed by atoms with E-state index in [9.17, 15) is 4.79 Å². The third-order valence-electron chi connectivity index (χ3n) is 3.59. The number of carbonyl (C=O) groups is 1. The Morgan fingerprint density at radius 3 is 2.61 bits per heavy atom. The van der Waals surface area contributed by atoms with Gasteiger partial charge < -0.3 is 10.0 Å². The highest BCUT2D eigenvalue weighted by Crippen LogP contribution is 2.35. The molecular formula is C13H19N3O2. The van der Waals surface area contributed by atoms with E-state index in [-0.39, 0.29) is 11.1 Å². The molecule has 1 fully saturated rings. The summed E-state index contributed by atoms with van der Waals surface area (Å²) in [6.45, 7) is 8.35. The molecule has 18 heavy (non-hydrogen) atoms. The van der Waals surface area contributed by atoms with Crippen LogP contribution in [0, 0.1) is 11.3 Å². The van der Waals surface area contributed by atoms with Gasteiger partial charge in [0, 0.05) is 25.5 Å². The van der Waals surface area contributed by atoms with Crippen LogP contribution in [0.4, 0.5) is 5.82 Å². The Bertz CT molecular complexity index is 454. The number of aromatic nitrogens is 2. The molecule has 0 radical (unpaired) electrons. The molecule has 0 aliphatic carbocycles. The molecule has 1 aliphatic rings. The highest BCUT2D eigenvalue weighted by molar-refractivity contribution is 5.90. The lowest BCUT2D eigenvalue weighted by molar-refractivity contribution is 0.0691. The van der Waals surface area contributed by atoms with Gasteiger partial charge in [0.15, 0.2) is 11.5 Å². The highest BCUT2D eigenvalue weighted by atomic mass is 16.4. The zero-order valence-corrected chi connectivity index (χ0v) is 11.1. The molecule has 98 valence electrons. The van der Waals surface area contributed by atoms with E-state index < -0.39 is 5.97 Å². The average molecular weight is 249 g/mol. The topological polar surface area (TPSA) is 66.3 Å². The Morgan fingerprint density at radius 1 is 1.39 bits per heavy atom. The van der Waals surface area contributed by atoms with E-state index >= 15 is 0 Å². The molecule has 1 atom stereocenters. The van der Waals surface area contributed by atoms with Gasteiger partial charge in [0.1, 0.15) is 0 Å². The van der Waals surface area contributed by atoms with Crippen molar-refractivity contribution in [1.29, 1.82) is 0 Å². The van der Waals surface area contributed by atoms with Crippen LogP contribution in [0.1, 0.15) is 37.7 Å². The zero-order valence-electron chi connectivity index (χ0n) is 11.1. The van der Waals surface area contributed by atoms with E-state index in [4.69, 9.17) is 5.11 Å². The van der Waals surface area contributed by atoms with Crippen LogP contribution < -0.4 is 4.90 Å². The molecule has 1 saturated heterocycles. The van der Waals surface area contributed by atoms with Crippen molar-refractivity contribution in [1.82, 2.24) is 9.97 Å². The minimum Gasteiger partial charge on any atom is -0.476 e. The third-order valence-corrected chi connectivity index (χ3v) is 3.59. The van der Waals surface area contributed by atoms with Crippen LogP contribution in [0.5, 0.6) is 0 Å². The van der Waals surface area contributed by atoms with Crippen molar-refractivity contribution in [2.45, 2.75) is 27.2 Å². The van der Waals surface area contributed by atoms with E-state index in [0.29, 0.717) is 11.7 Å². The maximum absolute atomic E-state index is 11.1. The van der Waals surface area contributed by atoms with E-state index in [2.05, 4.69) is 30.7 Å². The maximum Gasteiger partial charge on any atom is 0.358 e. The summed E-state index contributed by atoms with van der Waals surface area (Å²) in [6.07, 6.45) is 4.04. The summed E-state index contributed by atoms with van der Waals surface area (Å²) in [5, 5.41) is 9.12. The van der Waals surface area contributed by atoms with Crippen LogP contribution in [0.15, 0.2) is 12.4 Å². The normalized spacial score (nSPS) is 20.2. The smallest absolute Gasteiger partial charge is 0.358 e. The minimum atomic E-state index is -1.02. The van der Waals surface area contributed by atoms with Crippen molar-refractivity contribution < 1.29 is 9.90 Å². The fourth-order valence-corrected chi connectivity index (χ4v) is 2.37. The molecular weight excluding hydrogens is 230 g/mol. The maximum atomic E-state index is 11.1. The Labute approximate surface area is 107 Å². The monoisotopic (exact) mass is 249 g/mol. The van der Waals surface area contributed by atoms with Gasteiger partial charge in [-0.2, -0.15) is 0 Å². The van der Waals surface area contributed by atoms with Gasteiger partial charge in [-0.25, -0.2) is 14.8 Å². The predicted molar refractivity (Wildman–Crippen MR) is 68.8 cm³/mol. The second-order valence-corrected chi connectivity index (χ2v) is 5.83. The van der Waals surface area contributed by atoms with E-state index in [1.54, 1.807) is 6.20 Å². The molecule has 2 rings (SSSR count). The largest absolute Gasteiger partial charge is 0.476 e. The number of hydrogen-bond acceptors (Lipinski definition) is 4. The first-order valence-electron chi connectivity index (χ1n) is 6.19. The molecule has 0 aromatic carbocycles. The van der Waals surface area contributed by atoms with Crippen LogP contribution in [-0.2, 0) is 0 Å². The van der Waals surface area contributed by atoms with Gasteiger partial charge in [0.2, 0.25) is 0 Å². The van der Waals surface area contributed by atoms with Gasteiger partial charge in [-0.05, 0) is 17.8 Å². The van der Waals surface area contributed by atoms with Crippen LogP contribution in [0.3, 0.4) is 0 Å². The first kappa shape index (κ1) is 12.8. The molecule has 5 heteroatoms. The second-order valence-electron chi connectivity index (χ2n) is 5.83.